The van der Waals surface area contributed by atoms with E-state index in [2.05, 4.69) is 46.7 Å². The maximum Gasteiger partial charge on any atom is 0.318 e. The third-order valence-corrected chi connectivity index (χ3v) is 8.07. The van der Waals surface area contributed by atoms with Gasteiger partial charge in [0.15, 0.2) is 5.82 Å². The van der Waals surface area contributed by atoms with Crippen molar-refractivity contribution >= 4 is 17.6 Å². The van der Waals surface area contributed by atoms with E-state index in [1.54, 1.807) is 0 Å². The summed E-state index contributed by atoms with van der Waals surface area (Å²) in [5.74, 6) is 1.13. The number of carbonyl (C=O) groups is 1. The largest absolute Gasteiger partial charge is 0.388 e. The van der Waals surface area contributed by atoms with Gasteiger partial charge in [0.2, 0.25) is 0 Å². The van der Waals surface area contributed by atoms with E-state index >= 15 is 0 Å². The molecule has 1 aliphatic carbocycles. The summed E-state index contributed by atoms with van der Waals surface area (Å²) in [6.45, 7) is 9.43. The number of rotatable bonds is 8. The van der Waals surface area contributed by atoms with Crippen molar-refractivity contribution in [3.8, 4) is 0 Å². The second kappa shape index (κ2) is 12.3. The number of aliphatic hydroxyl groups is 1. The molecular formula is C29H39ClN6O2. The highest BCUT2D eigenvalue weighted by atomic mass is 35.5. The number of halogens is 1. The number of amides is 2. The number of hydrogen-bond acceptors (Lipinski definition) is 5. The van der Waals surface area contributed by atoms with Crippen molar-refractivity contribution in [2.45, 2.75) is 84.5 Å². The first-order valence-corrected chi connectivity index (χ1v) is 13.8. The number of urea groups is 1. The lowest BCUT2D eigenvalue weighted by molar-refractivity contribution is 0.103. The molecule has 1 aliphatic rings. The lowest BCUT2D eigenvalue weighted by Crippen LogP contribution is -2.48. The van der Waals surface area contributed by atoms with Gasteiger partial charge in [-0.3, -0.25) is 0 Å². The topological polar surface area (TPSA) is 107 Å². The molecule has 3 N–H and O–H groups in total. The Morgan fingerprint density at radius 3 is 2.29 bits per heavy atom. The minimum absolute atomic E-state index is 0.0622. The van der Waals surface area contributed by atoms with E-state index in [0.717, 1.165) is 42.4 Å². The van der Waals surface area contributed by atoms with Gasteiger partial charge in [-0.2, -0.15) is 5.21 Å². The van der Waals surface area contributed by atoms with Gasteiger partial charge in [0.25, 0.3) is 0 Å². The zero-order chi connectivity index (χ0) is 27.3. The molecule has 0 aliphatic heterocycles. The Hall–Kier alpha value is -2.97. The second-order valence-corrected chi connectivity index (χ2v) is 11.9. The first-order chi connectivity index (χ1) is 18.1. The molecule has 2 aromatic carbocycles. The molecule has 2 amide bonds. The van der Waals surface area contributed by atoms with Crippen molar-refractivity contribution in [1.29, 1.82) is 0 Å². The summed E-state index contributed by atoms with van der Waals surface area (Å²) in [5.41, 5.74) is 3.09. The fourth-order valence-electron chi connectivity index (χ4n) is 5.32. The summed E-state index contributed by atoms with van der Waals surface area (Å²) in [6, 6.07) is 15.3. The van der Waals surface area contributed by atoms with Crippen molar-refractivity contribution in [2.24, 2.45) is 11.3 Å². The molecule has 0 saturated heterocycles. The molecule has 1 saturated carbocycles. The van der Waals surface area contributed by atoms with Crippen LogP contribution in [0.4, 0.5) is 4.79 Å². The summed E-state index contributed by atoms with van der Waals surface area (Å²) < 4.78 is 0. The van der Waals surface area contributed by atoms with Crippen LogP contribution in [-0.2, 0) is 13.0 Å². The number of tetrazole rings is 1. The fourth-order valence-corrected chi connectivity index (χ4v) is 5.45. The standard InChI is InChI=1S/C29H39ClN6O2/c1-19(21-9-13-24(30)14-10-21)31-28(38)36(25-15-11-23(12-16-25)29(2,3)4)18-20-5-7-22(8-6-20)26(37)17-27-32-34-35-33-27/h5-10,13-14,19,23,25-26,37H,11-12,15-18H2,1-4H3,(H,31,38)(H,32,33,34,35)/t19-,23?,25?,26-/m1/s1. The normalized spacial score (nSPS) is 19.5. The number of aromatic nitrogens is 4. The average Bonchev–Trinajstić information content (AvgIpc) is 3.40. The molecule has 1 heterocycles. The van der Waals surface area contributed by atoms with Crippen LogP contribution in [0.2, 0.25) is 5.02 Å². The fraction of sp³-hybridized carbons (Fsp3) is 0.517. The summed E-state index contributed by atoms with van der Waals surface area (Å²) in [6.07, 6.45) is 3.77. The lowest BCUT2D eigenvalue weighted by Gasteiger charge is -2.41. The first kappa shape index (κ1) is 28.0. The average molecular weight is 539 g/mol. The Morgan fingerprint density at radius 1 is 1.08 bits per heavy atom. The Kier molecular flexibility index (Phi) is 9.05. The van der Waals surface area contributed by atoms with E-state index in [0.29, 0.717) is 23.3 Å². The highest BCUT2D eigenvalue weighted by Crippen LogP contribution is 2.39. The molecule has 4 rings (SSSR count). The van der Waals surface area contributed by atoms with Gasteiger partial charge in [-0.1, -0.05) is 74.0 Å². The van der Waals surface area contributed by atoms with Crippen molar-refractivity contribution in [3.05, 3.63) is 76.1 Å². The van der Waals surface area contributed by atoms with E-state index in [-0.39, 0.29) is 30.0 Å². The molecular weight excluding hydrogens is 500 g/mol. The zero-order valence-electron chi connectivity index (χ0n) is 22.7. The van der Waals surface area contributed by atoms with E-state index < -0.39 is 6.10 Å². The van der Waals surface area contributed by atoms with Gasteiger partial charge < -0.3 is 15.3 Å². The molecule has 1 fully saturated rings. The summed E-state index contributed by atoms with van der Waals surface area (Å²) >= 11 is 6.05. The minimum atomic E-state index is -0.728. The van der Waals surface area contributed by atoms with Gasteiger partial charge in [-0.15, -0.1) is 10.2 Å². The minimum Gasteiger partial charge on any atom is -0.388 e. The first-order valence-electron chi connectivity index (χ1n) is 13.4. The second-order valence-electron chi connectivity index (χ2n) is 11.5. The van der Waals surface area contributed by atoms with Crippen LogP contribution in [0.5, 0.6) is 0 Å². The maximum atomic E-state index is 13.7. The summed E-state index contributed by atoms with van der Waals surface area (Å²) in [4.78, 5) is 15.7. The highest BCUT2D eigenvalue weighted by molar-refractivity contribution is 6.30. The van der Waals surface area contributed by atoms with Crippen LogP contribution in [0.15, 0.2) is 48.5 Å². The smallest absolute Gasteiger partial charge is 0.318 e. The third kappa shape index (κ3) is 7.32. The highest BCUT2D eigenvalue weighted by Gasteiger charge is 2.34. The van der Waals surface area contributed by atoms with Crippen molar-refractivity contribution in [2.75, 3.05) is 0 Å². The van der Waals surface area contributed by atoms with Crippen LogP contribution in [0.3, 0.4) is 0 Å². The van der Waals surface area contributed by atoms with Crippen LogP contribution in [0, 0.1) is 11.3 Å². The lowest BCUT2D eigenvalue weighted by atomic mass is 9.71. The number of H-pyrrole nitrogens is 1. The number of aromatic amines is 1. The molecule has 0 radical (unpaired) electrons. The van der Waals surface area contributed by atoms with Crippen LogP contribution >= 0.6 is 11.6 Å². The molecule has 9 heteroatoms. The van der Waals surface area contributed by atoms with E-state index in [4.69, 9.17) is 11.6 Å². The van der Waals surface area contributed by atoms with Crippen molar-refractivity contribution < 1.29 is 9.90 Å². The van der Waals surface area contributed by atoms with Gasteiger partial charge in [-0.05, 0) is 72.8 Å². The van der Waals surface area contributed by atoms with Gasteiger partial charge >= 0.3 is 6.03 Å². The number of hydrogen-bond donors (Lipinski definition) is 3. The van der Waals surface area contributed by atoms with Crippen LogP contribution in [0.1, 0.15) is 88.0 Å². The number of nitrogens with one attached hydrogen (secondary N) is 2. The zero-order valence-corrected chi connectivity index (χ0v) is 23.4. The van der Waals surface area contributed by atoms with Gasteiger partial charge in [-0.25, -0.2) is 4.79 Å². The molecule has 1 aromatic heterocycles. The van der Waals surface area contributed by atoms with Crippen LogP contribution < -0.4 is 5.32 Å². The Balaban J connectivity index is 1.47. The monoisotopic (exact) mass is 538 g/mol. The molecule has 3 aromatic rings. The molecule has 204 valence electrons. The molecule has 38 heavy (non-hydrogen) atoms. The van der Waals surface area contributed by atoms with Gasteiger partial charge in [0.1, 0.15) is 0 Å². The van der Waals surface area contributed by atoms with Crippen molar-refractivity contribution in [3.63, 3.8) is 0 Å². The summed E-state index contributed by atoms with van der Waals surface area (Å²) in [5, 5.41) is 28.2. The maximum absolute atomic E-state index is 13.7. The third-order valence-electron chi connectivity index (χ3n) is 7.82. The SMILES string of the molecule is C[C@@H](NC(=O)N(Cc1ccc([C@H](O)Cc2nn[nH]n2)cc1)C1CCC(C(C)(C)C)CC1)c1ccc(Cl)cc1. The predicted molar refractivity (Wildman–Crippen MR) is 148 cm³/mol. The van der Waals surface area contributed by atoms with Gasteiger partial charge in [0.05, 0.1) is 12.1 Å². The molecule has 2 atom stereocenters. The van der Waals surface area contributed by atoms with Gasteiger partial charge in [0, 0.05) is 24.0 Å². The number of carbonyl (C=O) groups excluding carboxylic acids is 1. The molecule has 0 bridgehead atoms. The van der Waals surface area contributed by atoms with E-state index in [1.807, 2.05) is 60.4 Å². The van der Waals surface area contributed by atoms with E-state index in [1.165, 1.54) is 0 Å². The Morgan fingerprint density at radius 2 is 1.71 bits per heavy atom. The number of nitrogens with zero attached hydrogens (tertiary/aromatic N) is 4. The van der Waals surface area contributed by atoms with E-state index in [9.17, 15) is 9.90 Å². The Bertz CT molecular complexity index is 1150. The molecule has 0 unspecified atom stereocenters. The quantitative estimate of drug-likeness (QED) is 0.325. The summed E-state index contributed by atoms with van der Waals surface area (Å²) in [7, 11) is 0. The van der Waals surface area contributed by atoms with Crippen LogP contribution in [-0.4, -0.2) is 42.7 Å². The number of benzene rings is 2. The van der Waals surface area contributed by atoms with Crippen LogP contribution in [0.25, 0.3) is 0 Å². The number of aliphatic hydroxyl groups excluding tert-OH is 1. The molecule has 8 nitrogen and oxygen atoms in total. The van der Waals surface area contributed by atoms with Crippen molar-refractivity contribution in [1.82, 2.24) is 30.8 Å². The molecule has 0 spiro atoms. The predicted octanol–water partition coefficient (Wildman–Crippen LogP) is 6.01. The Labute approximate surface area is 230 Å².